The lowest BCUT2D eigenvalue weighted by molar-refractivity contribution is 0.243. The lowest BCUT2D eigenvalue weighted by Gasteiger charge is -2.23. The molecule has 0 aromatic heterocycles. The lowest BCUT2D eigenvalue weighted by Crippen LogP contribution is -2.22. The first-order chi connectivity index (χ1) is 7.65. The molecule has 3 heteroatoms. The Morgan fingerprint density at radius 3 is 2.62 bits per heavy atom. The monoisotopic (exact) mass is 222 g/mol. The lowest BCUT2D eigenvalue weighted by atomic mass is 10.2. The summed E-state index contributed by atoms with van der Waals surface area (Å²) in [6.45, 7) is 5.75. The van der Waals surface area contributed by atoms with Gasteiger partial charge in [-0.25, -0.2) is 0 Å². The summed E-state index contributed by atoms with van der Waals surface area (Å²) in [5.74, 6) is 0.942. The summed E-state index contributed by atoms with van der Waals surface area (Å²) in [4.78, 5) is 2.19. The van der Waals surface area contributed by atoms with Crippen LogP contribution in [0.4, 0.5) is 5.69 Å². The van der Waals surface area contributed by atoms with Crippen LogP contribution in [0.25, 0.3) is 0 Å². The highest BCUT2D eigenvalue weighted by Gasteiger charge is 2.08. The van der Waals surface area contributed by atoms with Crippen molar-refractivity contribution in [3.63, 3.8) is 0 Å². The topological polar surface area (TPSA) is 38.5 Å². The smallest absolute Gasteiger partial charge is 0.142 e. The van der Waals surface area contributed by atoms with Gasteiger partial charge in [-0.15, -0.1) is 0 Å². The first-order valence-electron chi connectivity index (χ1n) is 5.82. The van der Waals surface area contributed by atoms with Crippen LogP contribution in [0, 0.1) is 0 Å². The van der Waals surface area contributed by atoms with Gasteiger partial charge in [-0.3, -0.25) is 0 Å². The number of para-hydroxylation sites is 2. The van der Waals surface area contributed by atoms with Gasteiger partial charge in [0.05, 0.1) is 11.8 Å². The van der Waals surface area contributed by atoms with Gasteiger partial charge in [-0.1, -0.05) is 12.1 Å². The van der Waals surface area contributed by atoms with Crippen molar-refractivity contribution in [2.45, 2.75) is 26.4 Å². The maximum absolute atomic E-state index is 5.77. The average Bonchev–Trinajstić information content (AvgIpc) is 2.26. The third kappa shape index (κ3) is 3.74. The quantitative estimate of drug-likeness (QED) is 0.802. The van der Waals surface area contributed by atoms with E-state index in [2.05, 4.69) is 18.0 Å². The minimum Gasteiger partial charge on any atom is -0.489 e. The number of rotatable bonds is 6. The SMILES string of the molecule is CC(C)Oc1ccccc1N(C)CCCN. The summed E-state index contributed by atoms with van der Waals surface area (Å²) in [7, 11) is 2.07. The Morgan fingerprint density at radius 1 is 1.31 bits per heavy atom. The summed E-state index contributed by atoms with van der Waals surface area (Å²) in [5.41, 5.74) is 6.65. The largest absolute Gasteiger partial charge is 0.489 e. The van der Waals surface area contributed by atoms with Crippen LogP contribution in [0.2, 0.25) is 0 Å². The number of nitrogens with two attached hydrogens (primary N) is 1. The summed E-state index contributed by atoms with van der Waals surface area (Å²) in [6.07, 6.45) is 1.19. The molecule has 0 aliphatic carbocycles. The Bertz CT molecular complexity index is 313. The van der Waals surface area contributed by atoms with Crippen LogP contribution in [0.15, 0.2) is 24.3 Å². The van der Waals surface area contributed by atoms with Crippen molar-refractivity contribution in [1.82, 2.24) is 0 Å². The van der Waals surface area contributed by atoms with Crippen LogP contribution in [0.5, 0.6) is 5.75 Å². The van der Waals surface area contributed by atoms with E-state index in [0.717, 1.165) is 30.9 Å². The molecule has 0 heterocycles. The summed E-state index contributed by atoms with van der Waals surface area (Å²) < 4.78 is 5.77. The second-order valence-corrected chi connectivity index (χ2v) is 4.20. The predicted molar refractivity (Wildman–Crippen MR) is 69.1 cm³/mol. The summed E-state index contributed by atoms with van der Waals surface area (Å²) >= 11 is 0. The van der Waals surface area contributed by atoms with Crippen molar-refractivity contribution in [2.24, 2.45) is 5.73 Å². The van der Waals surface area contributed by atoms with Gasteiger partial charge in [0.1, 0.15) is 5.75 Å². The molecule has 0 atom stereocenters. The molecule has 0 spiro atoms. The molecule has 2 N–H and O–H groups in total. The molecule has 3 nitrogen and oxygen atoms in total. The van der Waals surface area contributed by atoms with Crippen molar-refractivity contribution in [2.75, 3.05) is 25.0 Å². The van der Waals surface area contributed by atoms with Crippen LogP contribution >= 0.6 is 0 Å². The third-order valence-corrected chi connectivity index (χ3v) is 2.34. The first kappa shape index (κ1) is 12.8. The van der Waals surface area contributed by atoms with Gasteiger partial charge in [0, 0.05) is 13.6 Å². The molecule has 0 radical (unpaired) electrons. The minimum atomic E-state index is 0.198. The van der Waals surface area contributed by atoms with E-state index in [0.29, 0.717) is 0 Å². The molecule has 1 aromatic carbocycles. The van der Waals surface area contributed by atoms with E-state index in [-0.39, 0.29) is 6.10 Å². The predicted octanol–water partition coefficient (Wildman–Crippen LogP) is 2.26. The Labute approximate surface area is 98.2 Å². The second-order valence-electron chi connectivity index (χ2n) is 4.20. The third-order valence-electron chi connectivity index (χ3n) is 2.34. The van der Waals surface area contributed by atoms with E-state index in [4.69, 9.17) is 10.5 Å². The molecule has 1 rings (SSSR count). The Balaban J connectivity index is 2.76. The average molecular weight is 222 g/mol. The standard InChI is InChI=1S/C13H22N2O/c1-11(2)16-13-8-5-4-7-12(13)15(3)10-6-9-14/h4-5,7-8,11H,6,9-10,14H2,1-3H3. The number of benzene rings is 1. The highest BCUT2D eigenvalue weighted by molar-refractivity contribution is 5.57. The fraction of sp³-hybridized carbons (Fsp3) is 0.538. The Morgan fingerprint density at radius 2 is 2.00 bits per heavy atom. The maximum Gasteiger partial charge on any atom is 0.142 e. The molecule has 16 heavy (non-hydrogen) atoms. The van der Waals surface area contributed by atoms with E-state index >= 15 is 0 Å². The number of ether oxygens (including phenoxy) is 1. The van der Waals surface area contributed by atoms with Crippen molar-refractivity contribution in [1.29, 1.82) is 0 Å². The molecule has 90 valence electrons. The van der Waals surface area contributed by atoms with Gasteiger partial charge in [0.15, 0.2) is 0 Å². The molecule has 0 amide bonds. The Kier molecular flexibility index (Phi) is 5.12. The number of hydrogen-bond donors (Lipinski definition) is 1. The summed E-state index contributed by atoms with van der Waals surface area (Å²) in [6, 6.07) is 8.11. The van der Waals surface area contributed by atoms with E-state index in [9.17, 15) is 0 Å². The summed E-state index contributed by atoms with van der Waals surface area (Å²) in [5, 5.41) is 0. The molecule has 0 saturated heterocycles. The molecule has 1 aromatic rings. The zero-order valence-corrected chi connectivity index (χ0v) is 10.4. The van der Waals surface area contributed by atoms with E-state index in [1.807, 2.05) is 32.0 Å². The fourth-order valence-corrected chi connectivity index (χ4v) is 1.58. The number of nitrogens with zero attached hydrogens (tertiary/aromatic N) is 1. The van der Waals surface area contributed by atoms with Gasteiger partial charge in [0.25, 0.3) is 0 Å². The van der Waals surface area contributed by atoms with Crippen LogP contribution in [-0.2, 0) is 0 Å². The van der Waals surface area contributed by atoms with Crippen molar-refractivity contribution in [3.8, 4) is 5.75 Å². The second kappa shape index (κ2) is 6.38. The molecule has 0 unspecified atom stereocenters. The Hall–Kier alpha value is -1.22. The van der Waals surface area contributed by atoms with Crippen molar-refractivity contribution < 1.29 is 4.74 Å². The van der Waals surface area contributed by atoms with Crippen LogP contribution in [-0.4, -0.2) is 26.2 Å². The van der Waals surface area contributed by atoms with Gasteiger partial charge < -0.3 is 15.4 Å². The number of anilines is 1. The highest BCUT2D eigenvalue weighted by Crippen LogP contribution is 2.27. The van der Waals surface area contributed by atoms with Gasteiger partial charge in [-0.2, -0.15) is 0 Å². The zero-order chi connectivity index (χ0) is 12.0. The highest BCUT2D eigenvalue weighted by atomic mass is 16.5. The van der Waals surface area contributed by atoms with Crippen molar-refractivity contribution >= 4 is 5.69 Å². The van der Waals surface area contributed by atoms with E-state index in [1.54, 1.807) is 0 Å². The van der Waals surface area contributed by atoms with Crippen LogP contribution in [0.3, 0.4) is 0 Å². The normalized spacial score (nSPS) is 10.6. The zero-order valence-electron chi connectivity index (χ0n) is 10.4. The fourth-order valence-electron chi connectivity index (χ4n) is 1.58. The first-order valence-corrected chi connectivity index (χ1v) is 5.82. The van der Waals surface area contributed by atoms with Gasteiger partial charge in [0.2, 0.25) is 0 Å². The van der Waals surface area contributed by atoms with Crippen LogP contribution < -0.4 is 15.4 Å². The van der Waals surface area contributed by atoms with Gasteiger partial charge in [-0.05, 0) is 38.9 Å². The molecular formula is C13H22N2O. The molecular weight excluding hydrogens is 200 g/mol. The van der Waals surface area contributed by atoms with E-state index in [1.165, 1.54) is 0 Å². The minimum absolute atomic E-state index is 0.198. The maximum atomic E-state index is 5.77. The molecule has 0 aliphatic rings. The van der Waals surface area contributed by atoms with Gasteiger partial charge >= 0.3 is 0 Å². The molecule has 0 bridgehead atoms. The molecule has 0 fully saturated rings. The molecule has 0 saturated carbocycles. The van der Waals surface area contributed by atoms with Crippen LogP contribution in [0.1, 0.15) is 20.3 Å². The van der Waals surface area contributed by atoms with E-state index < -0.39 is 0 Å². The number of hydrogen-bond acceptors (Lipinski definition) is 3. The molecule has 0 aliphatic heterocycles. The van der Waals surface area contributed by atoms with Crippen molar-refractivity contribution in [3.05, 3.63) is 24.3 Å².